The van der Waals surface area contributed by atoms with Crippen LogP contribution in [0.25, 0.3) is 0 Å². The Kier molecular flexibility index (Phi) is 3.60. The van der Waals surface area contributed by atoms with Crippen molar-refractivity contribution in [3.63, 3.8) is 0 Å². The number of hydrogen-bond donors (Lipinski definition) is 0. The first-order chi connectivity index (χ1) is 4.16. The van der Waals surface area contributed by atoms with Crippen LogP contribution in [0.5, 0.6) is 0 Å². The Hall–Kier alpha value is -0.920. The fourth-order valence-corrected chi connectivity index (χ4v) is 0.594. The van der Waals surface area contributed by atoms with Gasteiger partial charge in [0.05, 0.1) is 0 Å². The minimum atomic E-state index is 1.01. The summed E-state index contributed by atoms with van der Waals surface area (Å²) in [7, 11) is 0. The zero-order chi connectivity index (χ0) is 7.28. The van der Waals surface area contributed by atoms with Crippen LogP contribution in [0, 0.1) is 11.8 Å². The van der Waals surface area contributed by atoms with Crippen LogP contribution in [0.3, 0.4) is 0 Å². The summed E-state index contributed by atoms with van der Waals surface area (Å²) in [6.07, 6.45) is 0. The van der Waals surface area contributed by atoms with Crippen LogP contribution in [0.15, 0.2) is 16.9 Å². The first kappa shape index (κ1) is 8.08. The third kappa shape index (κ3) is 4.94. The first-order valence-corrected chi connectivity index (χ1v) is 3.00. The third-order valence-corrected chi connectivity index (χ3v) is 0.750. The Morgan fingerprint density at radius 3 is 2.00 bits per heavy atom. The average molecular weight is 120 g/mol. The number of hydrogen-bond acceptors (Lipinski definition) is 0. The third-order valence-electron chi connectivity index (χ3n) is 0.750. The van der Waals surface area contributed by atoms with E-state index in [-0.39, 0.29) is 0 Å². The lowest BCUT2D eigenvalue weighted by Crippen LogP contribution is -1.64. The highest BCUT2D eigenvalue weighted by Gasteiger charge is 1.74. The van der Waals surface area contributed by atoms with E-state index in [1.54, 1.807) is 0 Å². The molecule has 0 saturated carbocycles. The van der Waals surface area contributed by atoms with Crippen molar-refractivity contribution in [3.8, 4) is 11.8 Å². The van der Waals surface area contributed by atoms with Crippen molar-refractivity contribution in [2.24, 2.45) is 0 Å². The molecule has 0 aliphatic rings. The van der Waals surface area contributed by atoms with Crippen molar-refractivity contribution < 1.29 is 0 Å². The minimum Gasteiger partial charge on any atom is -0.110 e. The predicted molar refractivity (Wildman–Crippen MR) is 41.0 cm³/mol. The molecule has 0 spiro atoms. The zero-order valence-corrected chi connectivity index (χ0v) is 6.50. The minimum absolute atomic E-state index is 1.01. The molecule has 48 valence electrons. The summed E-state index contributed by atoms with van der Waals surface area (Å²) in [6.45, 7) is 7.82. The van der Waals surface area contributed by atoms with Crippen LogP contribution < -0.4 is 0 Å². The molecule has 0 nitrogen and oxygen atoms in total. The summed E-state index contributed by atoms with van der Waals surface area (Å²) >= 11 is 0. The van der Waals surface area contributed by atoms with Crippen molar-refractivity contribution in [2.75, 3.05) is 0 Å². The molecule has 0 aromatic heterocycles. The lowest BCUT2D eigenvalue weighted by atomic mass is 10.3. The van der Waals surface area contributed by atoms with Gasteiger partial charge in [-0.15, -0.1) is 11.7 Å². The van der Waals surface area contributed by atoms with Gasteiger partial charge in [-0.2, -0.15) is 0 Å². The molecular weight excluding hydrogens is 108 g/mol. The van der Waals surface area contributed by atoms with E-state index >= 15 is 0 Å². The second-order valence-corrected chi connectivity index (χ2v) is 2.12. The van der Waals surface area contributed by atoms with E-state index in [1.165, 1.54) is 5.57 Å². The molecule has 0 saturated heterocycles. The fraction of sp³-hybridized carbons (Fsp3) is 0.444. The summed E-state index contributed by atoms with van der Waals surface area (Å²) in [5, 5.41) is 0. The van der Waals surface area contributed by atoms with Crippen molar-refractivity contribution in [3.05, 3.63) is 16.9 Å². The van der Waals surface area contributed by atoms with Gasteiger partial charge in [-0.05, 0) is 33.3 Å². The van der Waals surface area contributed by atoms with Crippen LogP contribution in [-0.4, -0.2) is 0 Å². The van der Waals surface area contributed by atoms with Crippen LogP contribution in [-0.2, 0) is 0 Å². The van der Waals surface area contributed by atoms with Gasteiger partial charge < -0.3 is 0 Å². The van der Waals surface area contributed by atoms with Gasteiger partial charge >= 0.3 is 0 Å². The van der Waals surface area contributed by atoms with Gasteiger partial charge in [-0.3, -0.25) is 0 Å². The smallest absolute Gasteiger partial charge is 0.0406 e. The summed E-state index contributed by atoms with van der Waals surface area (Å²) < 4.78 is 0. The molecule has 0 atom stereocenters. The Morgan fingerprint density at radius 2 is 1.67 bits per heavy atom. The fourth-order valence-electron chi connectivity index (χ4n) is 0.594. The van der Waals surface area contributed by atoms with Gasteiger partial charge in [0, 0.05) is 5.57 Å². The second-order valence-electron chi connectivity index (χ2n) is 2.12. The highest BCUT2D eigenvalue weighted by molar-refractivity contribution is 5.25. The highest BCUT2D eigenvalue weighted by Crippen LogP contribution is 1.90. The SMILES string of the molecule is CC#CC(C)=C=C(C)C. The largest absolute Gasteiger partial charge is 0.110 e. The molecule has 0 heteroatoms. The maximum atomic E-state index is 3.10. The van der Waals surface area contributed by atoms with E-state index in [0.717, 1.165) is 5.57 Å². The Morgan fingerprint density at radius 1 is 1.11 bits per heavy atom. The van der Waals surface area contributed by atoms with Crippen molar-refractivity contribution in [1.82, 2.24) is 0 Å². The monoisotopic (exact) mass is 120 g/mol. The molecule has 0 heterocycles. The van der Waals surface area contributed by atoms with Crippen LogP contribution in [0.4, 0.5) is 0 Å². The zero-order valence-electron chi connectivity index (χ0n) is 6.50. The molecule has 0 N–H and O–H groups in total. The van der Waals surface area contributed by atoms with Gasteiger partial charge in [0.2, 0.25) is 0 Å². The highest BCUT2D eigenvalue weighted by atomic mass is 13.8. The lowest BCUT2D eigenvalue weighted by molar-refractivity contribution is 1.39. The predicted octanol–water partition coefficient (Wildman–Crippen LogP) is 2.52. The van der Waals surface area contributed by atoms with Crippen LogP contribution in [0.2, 0.25) is 0 Å². The molecular formula is C9H12. The van der Waals surface area contributed by atoms with Gasteiger partial charge in [0.1, 0.15) is 0 Å². The summed E-state index contributed by atoms with van der Waals surface area (Å²) in [6, 6.07) is 0. The molecule has 0 rings (SSSR count). The van der Waals surface area contributed by atoms with Crippen LogP contribution >= 0.6 is 0 Å². The van der Waals surface area contributed by atoms with E-state index in [4.69, 9.17) is 0 Å². The van der Waals surface area contributed by atoms with Gasteiger partial charge in [0.25, 0.3) is 0 Å². The molecule has 0 aromatic carbocycles. The second kappa shape index (κ2) is 4.01. The average Bonchev–Trinajstić information content (AvgIpc) is 1.63. The summed E-state index contributed by atoms with van der Waals surface area (Å²) in [5.41, 5.74) is 5.29. The summed E-state index contributed by atoms with van der Waals surface area (Å²) in [4.78, 5) is 0. The molecule has 0 fully saturated rings. The van der Waals surface area contributed by atoms with E-state index in [9.17, 15) is 0 Å². The molecule has 9 heavy (non-hydrogen) atoms. The molecule has 0 bridgehead atoms. The van der Waals surface area contributed by atoms with E-state index < -0.39 is 0 Å². The van der Waals surface area contributed by atoms with Crippen molar-refractivity contribution >= 4 is 0 Å². The maximum Gasteiger partial charge on any atom is 0.0406 e. The van der Waals surface area contributed by atoms with E-state index in [1.807, 2.05) is 27.7 Å². The standard InChI is InChI=1S/C9H12/c1-5-6-9(4)7-8(2)3/h1-4H3. The molecule has 0 unspecified atom stereocenters. The van der Waals surface area contributed by atoms with Crippen LogP contribution in [0.1, 0.15) is 27.7 Å². The van der Waals surface area contributed by atoms with Gasteiger partial charge in [-0.1, -0.05) is 5.92 Å². The van der Waals surface area contributed by atoms with E-state index in [0.29, 0.717) is 0 Å². The normalized spacial score (nSPS) is 6.67. The Balaban J connectivity index is 4.48. The maximum absolute atomic E-state index is 3.10. The van der Waals surface area contributed by atoms with Crippen molar-refractivity contribution in [2.45, 2.75) is 27.7 Å². The van der Waals surface area contributed by atoms with E-state index in [2.05, 4.69) is 17.6 Å². The molecule has 0 aromatic rings. The first-order valence-electron chi connectivity index (χ1n) is 3.00. The topological polar surface area (TPSA) is 0 Å². The molecule has 0 amide bonds. The molecule has 0 aliphatic heterocycles. The Labute approximate surface area is 57.3 Å². The van der Waals surface area contributed by atoms with Gasteiger partial charge in [-0.25, -0.2) is 0 Å². The van der Waals surface area contributed by atoms with Gasteiger partial charge in [0.15, 0.2) is 0 Å². The summed E-state index contributed by atoms with van der Waals surface area (Å²) in [5.74, 6) is 5.72. The number of allylic oxidation sites excluding steroid dienone is 1. The lowest BCUT2D eigenvalue weighted by Gasteiger charge is -1.79. The molecule has 0 aliphatic carbocycles. The van der Waals surface area contributed by atoms with Crippen molar-refractivity contribution in [1.29, 1.82) is 0 Å². The Bertz CT molecular complexity index is 198. The number of rotatable bonds is 0. The molecule has 0 radical (unpaired) electrons. The quantitative estimate of drug-likeness (QED) is 0.340.